The molecule has 0 amide bonds. The molecule has 0 saturated heterocycles. The van der Waals surface area contributed by atoms with Crippen LogP contribution in [0.2, 0.25) is 0 Å². The summed E-state index contributed by atoms with van der Waals surface area (Å²) >= 11 is 0. The average molecular weight is 250 g/mol. The van der Waals surface area contributed by atoms with Crippen molar-refractivity contribution in [3.05, 3.63) is 28.8 Å². The Morgan fingerprint density at radius 1 is 0.882 bits per heavy atom. The minimum absolute atomic E-state index is 0.148. The van der Waals surface area contributed by atoms with Crippen molar-refractivity contribution in [3.8, 4) is 0 Å². The molecule has 0 radical (unpaired) electrons. The van der Waals surface area contributed by atoms with Gasteiger partial charge in [-0.2, -0.15) is 0 Å². The smallest absolute Gasteiger partial charge is 0.193 e. The van der Waals surface area contributed by atoms with Crippen LogP contribution in [0.25, 0.3) is 0 Å². The minimum Gasteiger partial charge on any atom is -0.295 e. The third-order valence-corrected chi connectivity index (χ3v) is 3.03. The van der Waals surface area contributed by atoms with Crippen LogP contribution in [0.4, 0.5) is 0 Å². The largest absolute Gasteiger partial charge is 0.295 e. The molecule has 0 saturated carbocycles. The predicted octanol–water partition coefficient (Wildman–Crippen LogP) is 2.21. The van der Waals surface area contributed by atoms with E-state index >= 15 is 0 Å². The molecule has 0 aliphatic heterocycles. The number of carbonyl (C=O) groups is 3. The van der Waals surface area contributed by atoms with Gasteiger partial charge in [-0.3, -0.25) is 18.9 Å². The zero-order valence-corrected chi connectivity index (χ0v) is 10.6. The summed E-state index contributed by atoms with van der Waals surface area (Å²) in [5.74, 6) is -0.896. The van der Waals surface area contributed by atoms with E-state index in [0.717, 1.165) is 0 Å². The van der Waals surface area contributed by atoms with Crippen molar-refractivity contribution in [2.45, 2.75) is 20.8 Å². The Kier molecular flexibility index (Phi) is 4.02. The molecule has 1 aromatic rings. The molecule has 1 rings (SSSR count). The van der Waals surface area contributed by atoms with Crippen molar-refractivity contribution >= 4 is 31.1 Å². The third kappa shape index (κ3) is 2.71. The first-order valence-electron chi connectivity index (χ1n) is 4.92. The first-order valence-corrected chi connectivity index (χ1v) is 5.74. The molecule has 0 unspecified atom stereocenters. The summed E-state index contributed by atoms with van der Waals surface area (Å²) in [6.07, 6.45) is 0. The normalized spacial score (nSPS) is 10.3. The van der Waals surface area contributed by atoms with Crippen LogP contribution in [0.1, 0.15) is 51.8 Å². The van der Waals surface area contributed by atoms with Crippen LogP contribution < -0.4 is 5.30 Å². The molecule has 0 bridgehead atoms. The fourth-order valence-electron chi connectivity index (χ4n) is 1.47. The van der Waals surface area contributed by atoms with E-state index in [4.69, 9.17) is 0 Å². The topological polar surface area (TPSA) is 68.3 Å². The molecule has 4 nitrogen and oxygen atoms in total. The zero-order chi connectivity index (χ0) is 13.2. The molecule has 0 heterocycles. The van der Waals surface area contributed by atoms with Gasteiger partial charge in [0.25, 0.3) is 0 Å². The van der Waals surface area contributed by atoms with E-state index in [1.165, 1.54) is 32.9 Å². The van der Waals surface area contributed by atoms with Gasteiger partial charge in [-0.15, -0.1) is 0 Å². The van der Waals surface area contributed by atoms with Gasteiger partial charge in [-0.05, 0) is 32.9 Å². The van der Waals surface area contributed by atoms with Gasteiger partial charge in [-0.1, -0.05) is 0 Å². The van der Waals surface area contributed by atoms with Gasteiger partial charge in [0.2, 0.25) is 0 Å². The maximum absolute atomic E-state index is 11.4. The lowest BCUT2D eigenvalue weighted by molar-refractivity contribution is 0.101. The molecule has 1 aromatic carbocycles. The van der Waals surface area contributed by atoms with Crippen molar-refractivity contribution in [2.24, 2.45) is 0 Å². The van der Waals surface area contributed by atoms with Crippen molar-refractivity contribution in [1.29, 1.82) is 0 Å². The van der Waals surface area contributed by atoms with E-state index in [2.05, 4.69) is 0 Å². The fourth-order valence-corrected chi connectivity index (χ4v) is 2.11. The van der Waals surface area contributed by atoms with Crippen LogP contribution in [-0.2, 0) is 4.57 Å². The van der Waals surface area contributed by atoms with Gasteiger partial charge >= 0.3 is 0 Å². The van der Waals surface area contributed by atoms with E-state index in [1.54, 1.807) is 0 Å². The molecular weight excluding hydrogens is 239 g/mol. The molecule has 0 atom stereocenters. The van der Waals surface area contributed by atoms with Crippen LogP contribution in [0.3, 0.4) is 0 Å². The molecule has 0 aliphatic rings. The second kappa shape index (κ2) is 5.11. The molecule has 0 spiro atoms. The first-order chi connectivity index (χ1) is 7.88. The summed E-state index contributed by atoms with van der Waals surface area (Å²) in [4.78, 5) is 34.1. The molecule has 0 N–H and O–H groups in total. The van der Waals surface area contributed by atoms with Crippen LogP contribution in [0.15, 0.2) is 12.1 Å². The quantitative estimate of drug-likeness (QED) is 0.606. The van der Waals surface area contributed by atoms with Gasteiger partial charge in [-0.25, -0.2) is 0 Å². The summed E-state index contributed by atoms with van der Waals surface area (Å²) in [5.41, 5.74) is 0.576. The van der Waals surface area contributed by atoms with Crippen LogP contribution in [0, 0.1) is 0 Å². The molecule has 0 aromatic heterocycles. The van der Waals surface area contributed by atoms with Crippen LogP contribution in [0.5, 0.6) is 0 Å². The number of carbonyl (C=O) groups excluding carboxylic acids is 3. The number of hydrogen-bond donors (Lipinski definition) is 0. The summed E-state index contributed by atoms with van der Waals surface area (Å²) in [7, 11) is -0.402. The van der Waals surface area contributed by atoms with E-state index in [9.17, 15) is 18.9 Å². The Bertz CT molecular complexity index is 496. The van der Waals surface area contributed by atoms with Gasteiger partial charge in [0, 0.05) is 16.7 Å². The highest BCUT2D eigenvalue weighted by Gasteiger charge is 2.18. The minimum atomic E-state index is -0.402. The van der Waals surface area contributed by atoms with Crippen molar-refractivity contribution in [1.82, 2.24) is 0 Å². The fraction of sp³-hybridized carbons (Fsp3) is 0.250. The molecule has 0 aliphatic carbocycles. The zero-order valence-electron chi connectivity index (χ0n) is 9.73. The van der Waals surface area contributed by atoms with Crippen molar-refractivity contribution in [2.75, 3.05) is 0 Å². The lowest BCUT2D eigenvalue weighted by Crippen LogP contribution is -2.17. The number of benzene rings is 1. The summed E-state index contributed by atoms with van der Waals surface area (Å²) in [6.45, 7) is 3.95. The Balaban J connectivity index is 3.68. The van der Waals surface area contributed by atoms with E-state index in [-0.39, 0.29) is 39.3 Å². The van der Waals surface area contributed by atoms with Crippen LogP contribution in [-0.4, -0.2) is 17.3 Å². The summed E-state index contributed by atoms with van der Waals surface area (Å²) in [6, 6.07) is 2.74. The van der Waals surface area contributed by atoms with Gasteiger partial charge in [0.05, 0.1) is 5.30 Å². The van der Waals surface area contributed by atoms with Gasteiger partial charge in [0.15, 0.2) is 25.8 Å². The van der Waals surface area contributed by atoms with Crippen LogP contribution >= 0.6 is 8.46 Å². The highest BCUT2D eigenvalue weighted by atomic mass is 31.1. The second-order valence-electron chi connectivity index (χ2n) is 3.68. The van der Waals surface area contributed by atoms with Gasteiger partial charge < -0.3 is 0 Å². The molecule has 5 heteroatoms. The maximum Gasteiger partial charge on any atom is 0.193 e. The number of rotatable bonds is 4. The summed E-state index contributed by atoms with van der Waals surface area (Å²) < 4.78 is 11.0. The Morgan fingerprint density at radius 3 is 1.53 bits per heavy atom. The third-order valence-electron chi connectivity index (χ3n) is 2.37. The molecule has 0 fully saturated rings. The number of ketones is 3. The van der Waals surface area contributed by atoms with E-state index in [1.807, 2.05) is 0 Å². The highest BCUT2D eigenvalue weighted by Crippen LogP contribution is 2.15. The Morgan fingerprint density at radius 2 is 1.29 bits per heavy atom. The lowest BCUT2D eigenvalue weighted by Gasteiger charge is -2.07. The SMILES string of the molecule is CC(=O)c1cc(C(C)=O)c(P=O)c(C(C)=O)c1. The second-order valence-corrected chi connectivity index (χ2v) is 4.31. The monoisotopic (exact) mass is 250 g/mol. The Hall–Kier alpha value is -1.67. The molecule has 88 valence electrons. The van der Waals surface area contributed by atoms with Crippen molar-refractivity contribution in [3.63, 3.8) is 0 Å². The first kappa shape index (κ1) is 13.4. The van der Waals surface area contributed by atoms with E-state index in [0.29, 0.717) is 0 Å². The predicted molar refractivity (Wildman–Crippen MR) is 63.7 cm³/mol. The number of hydrogen-bond acceptors (Lipinski definition) is 4. The number of Topliss-reactive ketones (excluding diaryl/α,β-unsaturated/α-hetero) is 3. The van der Waals surface area contributed by atoms with Crippen molar-refractivity contribution < 1.29 is 18.9 Å². The maximum atomic E-state index is 11.4. The lowest BCUT2D eigenvalue weighted by atomic mass is 9.99. The summed E-state index contributed by atoms with van der Waals surface area (Å²) in [5, 5.41) is 0.148. The molecule has 17 heavy (non-hydrogen) atoms. The standard InChI is InChI=1S/C12H11O4P/c1-6(13)9-4-10(7(2)14)12(17-16)11(5-9)8(3)15/h4-5H,1-3H3. The van der Waals surface area contributed by atoms with Gasteiger partial charge in [0.1, 0.15) is 0 Å². The van der Waals surface area contributed by atoms with E-state index < -0.39 is 8.46 Å². The molecular formula is C12H11O4P. The average Bonchev–Trinajstić information content (AvgIpc) is 2.26. The highest BCUT2D eigenvalue weighted by molar-refractivity contribution is 7.34. The Labute approximate surface area is 100 Å².